The summed E-state index contributed by atoms with van der Waals surface area (Å²) in [6, 6.07) is 0. The molecule has 0 aromatic heterocycles. The molecule has 0 saturated carbocycles. The standard InChI is InChI=1S/C12H20O12/c13-1-4(16)7(18)9(20)6(3-15)24-12(23)11(22)10(21)8(19)5(17)2-14/h2-11,13,16-22H,1H2/t4-,5+,6+,7+,8-,9-,10+,11+/m1/s1. The lowest BCUT2D eigenvalue weighted by Crippen LogP contribution is -2.52. The largest absolute Gasteiger partial charge is 0.450 e. The first-order valence-electron chi connectivity index (χ1n) is 6.60. The van der Waals surface area contributed by atoms with E-state index in [2.05, 4.69) is 4.74 Å². The van der Waals surface area contributed by atoms with Gasteiger partial charge in [-0.2, -0.15) is 0 Å². The molecule has 0 rings (SSSR count). The monoisotopic (exact) mass is 356 g/mol. The van der Waals surface area contributed by atoms with Crippen LogP contribution >= 0.6 is 0 Å². The highest BCUT2D eigenvalue weighted by atomic mass is 16.6. The fourth-order valence-electron chi connectivity index (χ4n) is 1.52. The van der Waals surface area contributed by atoms with Crippen molar-refractivity contribution in [2.24, 2.45) is 0 Å². The average Bonchev–Trinajstić information content (AvgIpc) is 2.60. The Balaban J connectivity index is 4.91. The molecule has 0 saturated heterocycles. The van der Waals surface area contributed by atoms with Crippen LogP contribution in [0.15, 0.2) is 0 Å². The molecule has 0 aromatic carbocycles. The number of hydrogen-bond acceptors (Lipinski definition) is 12. The van der Waals surface area contributed by atoms with Gasteiger partial charge in [-0.1, -0.05) is 0 Å². The summed E-state index contributed by atoms with van der Waals surface area (Å²) in [6.45, 7) is -0.977. The van der Waals surface area contributed by atoms with E-state index in [-0.39, 0.29) is 12.6 Å². The molecule has 140 valence electrons. The van der Waals surface area contributed by atoms with Gasteiger partial charge in [0.15, 0.2) is 24.8 Å². The smallest absolute Gasteiger partial charge is 0.338 e. The third kappa shape index (κ3) is 5.85. The Morgan fingerprint density at radius 2 is 1.38 bits per heavy atom. The first-order chi connectivity index (χ1) is 11.1. The second-order valence-corrected chi connectivity index (χ2v) is 4.82. The Morgan fingerprint density at radius 1 is 0.833 bits per heavy atom. The van der Waals surface area contributed by atoms with Gasteiger partial charge >= 0.3 is 5.97 Å². The van der Waals surface area contributed by atoms with Crippen molar-refractivity contribution >= 4 is 18.5 Å². The van der Waals surface area contributed by atoms with Crippen LogP contribution in [0.4, 0.5) is 0 Å². The van der Waals surface area contributed by atoms with E-state index >= 15 is 0 Å². The summed E-state index contributed by atoms with van der Waals surface area (Å²) in [7, 11) is 0. The summed E-state index contributed by atoms with van der Waals surface area (Å²) in [6.07, 6.45) is -17.8. The maximum atomic E-state index is 11.6. The normalized spacial score (nSPS) is 21.5. The molecule has 0 unspecified atom stereocenters. The van der Waals surface area contributed by atoms with E-state index in [1.54, 1.807) is 0 Å². The van der Waals surface area contributed by atoms with Gasteiger partial charge in [-0.3, -0.25) is 4.79 Å². The van der Waals surface area contributed by atoms with Crippen LogP contribution in [-0.4, -0.2) is 115 Å². The van der Waals surface area contributed by atoms with Crippen LogP contribution in [0.1, 0.15) is 0 Å². The summed E-state index contributed by atoms with van der Waals surface area (Å²) in [5, 5.41) is 73.9. The van der Waals surface area contributed by atoms with Gasteiger partial charge in [-0.25, -0.2) is 4.79 Å². The Bertz CT molecular complexity index is 415. The lowest BCUT2D eigenvalue weighted by molar-refractivity contribution is -0.185. The van der Waals surface area contributed by atoms with Crippen LogP contribution < -0.4 is 0 Å². The number of ether oxygens (including phenoxy) is 1. The minimum atomic E-state index is -2.51. The third-order valence-electron chi connectivity index (χ3n) is 3.06. The van der Waals surface area contributed by atoms with Crippen LogP contribution in [0.5, 0.6) is 0 Å². The molecule has 0 spiro atoms. The van der Waals surface area contributed by atoms with Crippen LogP contribution in [-0.2, 0) is 19.1 Å². The fraction of sp³-hybridized carbons (Fsp3) is 0.750. The summed E-state index contributed by atoms with van der Waals surface area (Å²) >= 11 is 0. The van der Waals surface area contributed by atoms with Gasteiger partial charge in [-0.05, 0) is 0 Å². The van der Waals surface area contributed by atoms with E-state index in [9.17, 15) is 39.9 Å². The fourth-order valence-corrected chi connectivity index (χ4v) is 1.52. The maximum absolute atomic E-state index is 11.6. The molecule has 12 heteroatoms. The van der Waals surface area contributed by atoms with Crippen molar-refractivity contribution < 1.29 is 60.0 Å². The molecular weight excluding hydrogens is 336 g/mol. The molecular formula is C12H20O12. The van der Waals surface area contributed by atoms with Gasteiger partial charge in [0.1, 0.15) is 36.6 Å². The Morgan fingerprint density at radius 3 is 1.79 bits per heavy atom. The highest BCUT2D eigenvalue weighted by Crippen LogP contribution is 2.11. The van der Waals surface area contributed by atoms with Crippen LogP contribution in [0.3, 0.4) is 0 Å². The molecule has 0 aromatic rings. The molecule has 0 fully saturated rings. The van der Waals surface area contributed by atoms with E-state index in [0.717, 1.165) is 0 Å². The topological polar surface area (TPSA) is 222 Å². The molecule has 12 nitrogen and oxygen atoms in total. The van der Waals surface area contributed by atoms with Crippen molar-refractivity contribution in [1.82, 2.24) is 0 Å². The highest BCUT2D eigenvalue weighted by Gasteiger charge is 2.39. The number of aliphatic hydroxyl groups excluding tert-OH is 8. The summed E-state index contributed by atoms with van der Waals surface area (Å²) in [4.78, 5) is 32.6. The highest BCUT2D eigenvalue weighted by molar-refractivity contribution is 5.77. The minimum Gasteiger partial charge on any atom is -0.450 e. The molecule has 0 heterocycles. The van der Waals surface area contributed by atoms with E-state index in [0.29, 0.717) is 0 Å². The van der Waals surface area contributed by atoms with E-state index in [4.69, 9.17) is 15.3 Å². The predicted molar refractivity (Wildman–Crippen MR) is 71.1 cm³/mol. The Kier molecular flexibility index (Phi) is 9.72. The molecule has 0 amide bonds. The van der Waals surface area contributed by atoms with Crippen molar-refractivity contribution in [1.29, 1.82) is 0 Å². The number of hydrogen-bond donors (Lipinski definition) is 8. The van der Waals surface area contributed by atoms with Gasteiger partial charge in [0, 0.05) is 0 Å². The van der Waals surface area contributed by atoms with E-state index in [1.165, 1.54) is 0 Å². The second kappa shape index (κ2) is 10.4. The SMILES string of the molecule is O=C[C@H](OC(=O)[C@@H](O)[C@@H](O)[C@H](O)[C@@H](O)C=O)[C@@H](O)[C@@H](O)[C@H](O)CO. The molecule has 0 aliphatic rings. The van der Waals surface area contributed by atoms with Crippen molar-refractivity contribution in [3.8, 4) is 0 Å². The zero-order valence-electron chi connectivity index (χ0n) is 12.2. The first kappa shape index (κ1) is 22.5. The zero-order chi connectivity index (χ0) is 19.0. The van der Waals surface area contributed by atoms with Crippen molar-refractivity contribution in [2.45, 2.75) is 48.8 Å². The van der Waals surface area contributed by atoms with Gasteiger partial charge in [-0.15, -0.1) is 0 Å². The molecule has 0 aliphatic heterocycles. The number of esters is 1. The lowest BCUT2D eigenvalue weighted by Gasteiger charge is -2.27. The van der Waals surface area contributed by atoms with Crippen LogP contribution in [0.2, 0.25) is 0 Å². The number of rotatable bonds is 11. The van der Waals surface area contributed by atoms with Crippen molar-refractivity contribution in [3.05, 3.63) is 0 Å². The average molecular weight is 356 g/mol. The molecule has 8 N–H and O–H groups in total. The van der Waals surface area contributed by atoms with E-state index in [1.807, 2.05) is 0 Å². The number of carbonyl (C=O) groups is 3. The van der Waals surface area contributed by atoms with Crippen molar-refractivity contribution in [3.63, 3.8) is 0 Å². The quantitative estimate of drug-likeness (QED) is 0.128. The van der Waals surface area contributed by atoms with Crippen molar-refractivity contribution in [2.75, 3.05) is 6.61 Å². The molecule has 0 bridgehead atoms. The van der Waals surface area contributed by atoms with Gasteiger partial charge in [0.25, 0.3) is 0 Å². The van der Waals surface area contributed by atoms with Gasteiger partial charge in [0.2, 0.25) is 0 Å². The Labute approximate surface area is 135 Å². The van der Waals surface area contributed by atoms with Crippen LogP contribution in [0, 0.1) is 0 Å². The number of carbonyl (C=O) groups excluding carboxylic acids is 3. The molecule has 0 radical (unpaired) electrons. The minimum absolute atomic E-state index is 0.161. The van der Waals surface area contributed by atoms with Crippen LogP contribution in [0.25, 0.3) is 0 Å². The Hall–Kier alpha value is -1.51. The number of aliphatic hydroxyl groups is 8. The summed E-state index contributed by atoms with van der Waals surface area (Å²) in [5.74, 6) is -1.73. The predicted octanol–water partition coefficient (Wildman–Crippen LogP) is -6.19. The second-order valence-electron chi connectivity index (χ2n) is 4.82. The van der Waals surface area contributed by atoms with E-state index < -0.39 is 61.4 Å². The first-order valence-corrected chi connectivity index (χ1v) is 6.60. The summed E-state index contributed by atoms with van der Waals surface area (Å²) in [5.41, 5.74) is 0. The molecule has 8 atom stereocenters. The van der Waals surface area contributed by atoms with Gasteiger partial charge < -0.3 is 50.4 Å². The molecule has 0 aliphatic carbocycles. The lowest BCUT2D eigenvalue weighted by atomic mass is 10.0. The summed E-state index contributed by atoms with van der Waals surface area (Å²) < 4.78 is 4.32. The zero-order valence-corrected chi connectivity index (χ0v) is 12.2. The third-order valence-corrected chi connectivity index (χ3v) is 3.06. The molecule has 24 heavy (non-hydrogen) atoms. The maximum Gasteiger partial charge on any atom is 0.338 e. The van der Waals surface area contributed by atoms with Gasteiger partial charge in [0.05, 0.1) is 6.61 Å². The number of aldehydes is 2.